The number of ether oxygens (including phenoxy) is 1. The lowest BCUT2D eigenvalue weighted by atomic mass is 10.1. The second-order valence-electron chi connectivity index (χ2n) is 8.20. The molecular formula is C25H28N4O2S. The quantitative estimate of drug-likeness (QED) is 0.613. The van der Waals surface area contributed by atoms with Crippen molar-refractivity contribution < 1.29 is 9.53 Å². The second-order valence-corrected chi connectivity index (χ2v) is 9.23. The number of nitrogens with one attached hydrogen (secondary N) is 1. The number of benzene rings is 1. The first-order valence-electron chi connectivity index (χ1n) is 11.3. The highest BCUT2D eigenvalue weighted by atomic mass is 32.1. The topological polar surface area (TPSA) is 57.7 Å². The minimum atomic E-state index is -0.0460. The van der Waals surface area contributed by atoms with Crippen LogP contribution in [0, 0.1) is 0 Å². The summed E-state index contributed by atoms with van der Waals surface area (Å²) in [7, 11) is 0. The number of hydrogen-bond donors (Lipinski definition) is 1. The summed E-state index contributed by atoms with van der Waals surface area (Å²) in [5, 5.41) is 4.21. The van der Waals surface area contributed by atoms with Gasteiger partial charge in [-0.2, -0.15) is 0 Å². The van der Waals surface area contributed by atoms with Crippen molar-refractivity contribution in [2.75, 3.05) is 49.2 Å². The second kappa shape index (κ2) is 9.71. The lowest BCUT2D eigenvalue weighted by Gasteiger charge is -2.28. The molecule has 0 unspecified atom stereocenters. The van der Waals surface area contributed by atoms with Crippen LogP contribution in [0.5, 0.6) is 0 Å². The Kier molecular flexibility index (Phi) is 6.36. The molecule has 0 bridgehead atoms. The Labute approximate surface area is 192 Å². The van der Waals surface area contributed by atoms with Gasteiger partial charge in [-0.25, -0.2) is 4.98 Å². The van der Waals surface area contributed by atoms with Gasteiger partial charge in [-0.1, -0.05) is 36.4 Å². The predicted molar refractivity (Wildman–Crippen MR) is 130 cm³/mol. The van der Waals surface area contributed by atoms with Crippen LogP contribution in [0.15, 0.2) is 54.7 Å². The number of amides is 1. The summed E-state index contributed by atoms with van der Waals surface area (Å²) in [5.41, 5.74) is 3.25. The normalized spacial score (nSPS) is 16.4. The molecular weight excluding hydrogens is 420 g/mol. The van der Waals surface area contributed by atoms with Gasteiger partial charge in [0.1, 0.15) is 5.82 Å². The van der Waals surface area contributed by atoms with Gasteiger partial charge in [0.05, 0.1) is 23.1 Å². The molecule has 2 aliphatic heterocycles. The van der Waals surface area contributed by atoms with Crippen molar-refractivity contribution in [1.29, 1.82) is 0 Å². The van der Waals surface area contributed by atoms with Gasteiger partial charge < -0.3 is 19.9 Å². The highest BCUT2D eigenvalue weighted by molar-refractivity contribution is 7.18. The molecule has 2 aromatic heterocycles. The van der Waals surface area contributed by atoms with Crippen molar-refractivity contribution in [3.63, 3.8) is 0 Å². The third-order valence-corrected chi connectivity index (χ3v) is 7.21. The fourth-order valence-electron chi connectivity index (χ4n) is 4.24. The summed E-state index contributed by atoms with van der Waals surface area (Å²) in [5.74, 6) is 0.980. The van der Waals surface area contributed by atoms with Gasteiger partial charge >= 0.3 is 0 Å². The van der Waals surface area contributed by atoms with Crippen LogP contribution in [0.1, 0.15) is 28.1 Å². The van der Waals surface area contributed by atoms with Crippen molar-refractivity contribution in [3.05, 3.63) is 65.2 Å². The van der Waals surface area contributed by atoms with Gasteiger partial charge in [-0.15, -0.1) is 11.3 Å². The third kappa shape index (κ3) is 4.64. The van der Waals surface area contributed by atoms with E-state index in [1.807, 2.05) is 30.5 Å². The molecule has 7 heteroatoms. The Morgan fingerprint density at radius 1 is 1.00 bits per heavy atom. The molecule has 5 rings (SSSR count). The van der Waals surface area contributed by atoms with Crippen LogP contribution < -0.4 is 15.1 Å². The van der Waals surface area contributed by atoms with E-state index in [0.29, 0.717) is 19.8 Å². The van der Waals surface area contributed by atoms with Gasteiger partial charge in [0.25, 0.3) is 5.91 Å². The van der Waals surface area contributed by atoms with Gasteiger partial charge in [0, 0.05) is 44.5 Å². The lowest BCUT2D eigenvalue weighted by molar-refractivity contribution is 0.0955. The Bertz CT molecular complexity index is 1040. The zero-order valence-corrected chi connectivity index (χ0v) is 18.9. The third-order valence-electron chi connectivity index (χ3n) is 6.01. The van der Waals surface area contributed by atoms with Crippen LogP contribution in [0.3, 0.4) is 0 Å². The molecule has 32 heavy (non-hydrogen) atoms. The number of carbonyl (C=O) groups is 1. The van der Waals surface area contributed by atoms with E-state index in [-0.39, 0.29) is 5.91 Å². The van der Waals surface area contributed by atoms with E-state index in [2.05, 4.69) is 44.4 Å². The summed E-state index contributed by atoms with van der Waals surface area (Å²) in [4.78, 5) is 23.0. The molecule has 0 radical (unpaired) electrons. The number of pyridine rings is 1. The molecule has 0 atom stereocenters. The smallest absolute Gasteiger partial charge is 0.261 e. The molecule has 2 saturated heterocycles. The summed E-state index contributed by atoms with van der Waals surface area (Å²) >= 11 is 1.56. The molecule has 3 aromatic rings. The van der Waals surface area contributed by atoms with Crippen molar-refractivity contribution >= 4 is 28.1 Å². The van der Waals surface area contributed by atoms with Crippen molar-refractivity contribution in [2.24, 2.45) is 0 Å². The van der Waals surface area contributed by atoms with E-state index in [9.17, 15) is 4.79 Å². The Morgan fingerprint density at radius 3 is 2.50 bits per heavy atom. The summed E-state index contributed by atoms with van der Waals surface area (Å²) in [6.45, 7) is 5.75. The van der Waals surface area contributed by atoms with Crippen LogP contribution in [-0.4, -0.2) is 50.3 Å². The van der Waals surface area contributed by atoms with Crippen molar-refractivity contribution in [2.45, 2.75) is 19.4 Å². The summed E-state index contributed by atoms with van der Waals surface area (Å²) in [6, 6.07) is 16.4. The minimum absolute atomic E-state index is 0.0460. The van der Waals surface area contributed by atoms with E-state index < -0.39 is 0 Å². The van der Waals surface area contributed by atoms with Crippen LogP contribution in [0.2, 0.25) is 0 Å². The number of anilines is 2. The zero-order chi connectivity index (χ0) is 21.8. The maximum absolute atomic E-state index is 13.0. The predicted octanol–water partition coefficient (Wildman–Crippen LogP) is 4.18. The molecule has 1 amide bonds. The number of carbonyl (C=O) groups excluding carboxylic acids is 1. The number of nitrogens with zero attached hydrogens (tertiary/aromatic N) is 3. The van der Waals surface area contributed by atoms with Crippen LogP contribution >= 0.6 is 11.3 Å². The number of thiophene rings is 1. The van der Waals surface area contributed by atoms with E-state index in [4.69, 9.17) is 4.74 Å². The maximum Gasteiger partial charge on any atom is 0.261 e. The largest absolute Gasteiger partial charge is 0.378 e. The monoisotopic (exact) mass is 448 g/mol. The van der Waals surface area contributed by atoms with Crippen molar-refractivity contribution in [3.8, 4) is 11.1 Å². The molecule has 0 aliphatic carbocycles. The first-order valence-corrected chi connectivity index (χ1v) is 12.1. The maximum atomic E-state index is 13.0. The molecule has 6 nitrogen and oxygen atoms in total. The first-order chi connectivity index (χ1) is 15.8. The Morgan fingerprint density at radius 2 is 1.78 bits per heavy atom. The molecule has 2 fully saturated rings. The van der Waals surface area contributed by atoms with E-state index >= 15 is 0 Å². The standard InChI is InChI=1S/C25H28N4O2S/c30-24(27-18-19-8-9-23(26-17-19)28-10-4-5-11-28)22-16-21(20-6-2-1-3-7-20)25(32-22)29-12-14-31-15-13-29/h1-3,6-9,16-17H,4-5,10-15,18H2,(H,27,30). The average molecular weight is 449 g/mol. The van der Waals surface area contributed by atoms with Gasteiger partial charge in [-0.3, -0.25) is 4.79 Å². The van der Waals surface area contributed by atoms with E-state index in [0.717, 1.165) is 58.6 Å². The lowest BCUT2D eigenvalue weighted by Crippen LogP contribution is -2.35. The Hall–Kier alpha value is -2.90. The summed E-state index contributed by atoms with van der Waals surface area (Å²) in [6.07, 6.45) is 4.34. The molecule has 4 heterocycles. The van der Waals surface area contributed by atoms with Gasteiger partial charge in [0.2, 0.25) is 0 Å². The van der Waals surface area contributed by atoms with Crippen LogP contribution in [-0.2, 0) is 11.3 Å². The fourth-order valence-corrected chi connectivity index (χ4v) is 5.39. The highest BCUT2D eigenvalue weighted by Crippen LogP contribution is 2.39. The molecule has 1 N–H and O–H groups in total. The summed E-state index contributed by atoms with van der Waals surface area (Å²) < 4.78 is 5.52. The molecule has 0 spiro atoms. The van der Waals surface area contributed by atoms with Crippen LogP contribution in [0.4, 0.5) is 10.8 Å². The SMILES string of the molecule is O=C(NCc1ccc(N2CCCC2)nc1)c1cc(-c2ccccc2)c(N2CCOCC2)s1. The van der Waals surface area contributed by atoms with Gasteiger partial charge in [-0.05, 0) is 36.1 Å². The zero-order valence-electron chi connectivity index (χ0n) is 18.1. The molecule has 2 aliphatic rings. The number of morpholine rings is 1. The fraction of sp³-hybridized carbons (Fsp3) is 0.360. The number of rotatable bonds is 6. The minimum Gasteiger partial charge on any atom is -0.378 e. The van der Waals surface area contributed by atoms with E-state index in [1.54, 1.807) is 11.3 Å². The van der Waals surface area contributed by atoms with Crippen molar-refractivity contribution in [1.82, 2.24) is 10.3 Å². The first kappa shape index (κ1) is 21.0. The van der Waals surface area contributed by atoms with E-state index in [1.165, 1.54) is 12.8 Å². The molecule has 166 valence electrons. The van der Waals surface area contributed by atoms with Gasteiger partial charge in [0.15, 0.2) is 0 Å². The highest BCUT2D eigenvalue weighted by Gasteiger charge is 2.22. The average Bonchev–Trinajstić information content (AvgIpc) is 3.55. The molecule has 0 saturated carbocycles. The van der Waals surface area contributed by atoms with Crippen LogP contribution in [0.25, 0.3) is 11.1 Å². The Balaban J connectivity index is 1.30. The molecule has 1 aromatic carbocycles. The number of hydrogen-bond acceptors (Lipinski definition) is 6. The number of aromatic nitrogens is 1.